The van der Waals surface area contributed by atoms with Crippen LogP contribution in [-0.4, -0.2) is 24.9 Å². The molecule has 0 aromatic heterocycles. The maximum atomic E-state index is 12.1. The van der Waals surface area contributed by atoms with Crippen molar-refractivity contribution in [3.05, 3.63) is 23.2 Å². The van der Waals surface area contributed by atoms with Gasteiger partial charge in [0.05, 0.1) is 16.6 Å². The van der Waals surface area contributed by atoms with Gasteiger partial charge in [-0.15, -0.1) is 0 Å². The molecule has 20 heavy (non-hydrogen) atoms. The Balaban J connectivity index is 2.00. The van der Waals surface area contributed by atoms with Gasteiger partial charge in [0, 0.05) is 19.2 Å². The van der Waals surface area contributed by atoms with Crippen LogP contribution in [0.4, 0.5) is 11.4 Å². The van der Waals surface area contributed by atoms with E-state index in [4.69, 9.17) is 11.6 Å². The summed E-state index contributed by atoms with van der Waals surface area (Å²) in [6.45, 7) is 3.10. The van der Waals surface area contributed by atoms with Gasteiger partial charge < -0.3 is 16.0 Å². The molecule has 0 aliphatic carbocycles. The van der Waals surface area contributed by atoms with E-state index in [2.05, 4.69) is 16.0 Å². The highest BCUT2D eigenvalue weighted by molar-refractivity contribution is 6.34. The van der Waals surface area contributed by atoms with Crippen LogP contribution in [0, 0.1) is 5.92 Å². The molecule has 2 amide bonds. The van der Waals surface area contributed by atoms with Gasteiger partial charge in [-0.3, -0.25) is 9.59 Å². The van der Waals surface area contributed by atoms with Crippen molar-refractivity contribution in [2.75, 3.05) is 23.7 Å². The zero-order valence-electron chi connectivity index (χ0n) is 11.3. The first kappa shape index (κ1) is 14.8. The second-order valence-corrected chi connectivity index (χ2v) is 5.32. The van der Waals surface area contributed by atoms with Crippen molar-refractivity contribution < 1.29 is 9.59 Å². The highest BCUT2D eigenvalue weighted by Crippen LogP contribution is 2.26. The molecule has 0 bridgehead atoms. The minimum absolute atomic E-state index is 0.000503. The monoisotopic (exact) mass is 295 g/mol. The number of hydrogen-bond acceptors (Lipinski definition) is 3. The van der Waals surface area contributed by atoms with Crippen molar-refractivity contribution in [3.8, 4) is 0 Å². The molecule has 6 heteroatoms. The van der Waals surface area contributed by atoms with E-state index in [-0.39, 0.29) is 17.7 Å². The summed E-state index contributed by atoms with van der Waals surface area (Å²) in [6.07, 6.45) is 1.91. The molecule has 1 heterocycles. The van der Waals surface area contributed by atoms with Crippen LogP contribution in [0.2, 0.25) is 5.02 Å². The van der Waals surface area contributed by atoms with Gasteiger partial charge in [-0.25, -0.2) is 0 Å². The number of halogens is 1. The van der Waals surface area contributed by atoms with E-state index in [1.54, 1.807) is 18.2 Å². The average Bonchev–Trinajstić information content (AvgIpc) is 2.42. The number of amides is 2. The minimum atomic E-state index is -0.183. The Morgan fingerprint density at radius 1 is 1.35 bits per heavy atom. The van der Waals surface area contributed by atoms with Gasteiger partial charge in [0.25, 0.3) is 0 Å². The van der Waals surface area contributed by atoms with Crippen LogP contribution >= 0.6 is 11.6 Å². The third-order valence-electron chi connectivity index (χ3n) is 3.21. The Kier molecular flexibility index (Phi) is 4.98. The van der Waals surface area contributed by atoms with Crippen molar-refractivity contribution >= 4 is 34.8 Å². The molecule has 1 fully saturated rings. The summed E-state index contributed by atoms with van der Waals surface area (Å²) in [5.74, 6) is -0.185. The first-order valence-electron chi connectivity index (χ1n) is 6.65. The summed E-state index contributed by atoms with van der Waals surface area (Å²) < 4.78 is 0. The lowest BCUT2D eigenvalue weighted by Crippen LogP contribution is -2.37. The number of piperidine rings is 1. The Bertz CT molecular complexity index is 513. The maximum absolute atomic E-state index is 12.1. The normalized spacial score (nSPS) is 18.4. The molecule has 5 nitrogen and oxygen atoms in total. The van der Waals surface area contributed by atoms with E-state index in [0.717, 1.165) is 19.4 Å². The number of benzene rings is 1. The molecule has 0 saturated carbocycles. The van der Waals surface area contributed by atoms with Crippen molar-refractivity contribution in [1.29, 1.82) is 0 Å². The smallest absolute Gasteiger partial charge is 0.228 e. The van der Waals surface area contributed by atoms with E-state index < -0.39 is 0 Å². The third-order valence-corrected chi connectivity index (χ3v) is 3.53. The first-order valence-corrected chi connectivity index (χ1v) is 7.03. The lowest BCUT2D eigenvalue weighted by molar-refractivity contribution is -0.120. The fourth-order valence-corrected chi connectivity index (χ4v) is 2.43. The van der Waals surface area contributed by atoms with Crippen LogP contribution < -0.4 is 16.0 Å². The zero-order chi connectivity index (χ0) is 14.5. The van der Waals surface area contributed by atoms with Crippen LogP contribution in [0.1, 0.15) is 19.8 Å². The fourth-order valence-electron chi connectivity index (χ4n) is 2.20. The fraction of sp³-hybridized carbons (Fsp3) is 0.429. The van der Waals surface area contributed by atoms with Crippen LogP contribution in [0.25, 0.3) is 0 Å². The molecule has 1 aromatic carbocycles. The van der Waals surface area contributed by atoms with Crippen molar-refractivity contribution in [3.63, 3.8) is 0 Å². The Morgan fingerprint density at radius 2 is 2.15 bits per heavy atom. The number of nitrogens with one attached hydrogen (secondary N) is 3. The second-order valence-electron chi connectivity index (χ2n) is 4.91. The number of rotatable bonds is 3. The summed E-state index contributed by atoms with van der Waals surface area (Å²) in [5.41, 5.74) is 1.18. The molecule has 1 atom stereocenters. The molecule has 3 N–H and O–H groups in total. The van der Waals surface area contributed by atoms with Gasteiger partial charge in [0.15, 0.2) is 0 Å². The van der Waals surface area contributed by atoms with Crippen molar-refractivity contribution in [2.24, 2.45) is 5.92 Å². The molecule has 1 aliphatic heterocycles. The third kappa shape index (κ3) is 3.95. The highest BCUT2D eigenvalue weighted by Gasteiger charge is 2.20. The second kappa shape index (κ2) is 6.72. The summed E-state index contributed by atoms with van der Waals surface area (Å²) in [6, 6.07) is 5.05. The number of carbonyl (C=O) groups is 2. The average molecular weight is 296 g/mol. The lowest BCUT2D eigenvalue weighted by Gasteiger charge is -2.22. The Morgan fingerprint density at radius 3 is 2.75 bits per heavy atom. The molecule has 0 unspecified atom stereocenters. The van der Waals surface area contributed by atoms with Crippen LogP contribution in [0.5, 0.6) is 0 Å². The van der Waals surface area contributed by atoms with Crippen LogP contribution in [-0.2, 0) is 9.59 Å². The highest BCUT2D eigenvalue weighted by atomic mass is 35.5. The predicted octanol–water partition coefficient (Wildman–Crippen LogP) is 2.24. The largest absolute Gasteiger partial charge is 0.326 e. The molecular weight excluding hydrogens is 278 g/mol. The minimum Gasteiger partial charge on any atom is -0.326 e. The van der Waals surface area contributed by atoms with Gasteiger partial charge >= 0.3 is 0 Å². The molecule has 0 spiro atoms. The number of hydrogen-bond donors (Lipinski definition) is 3. The standard InChI is InChI=1S/C14H18ClN3O2/c1-9(19)17-13-5-4-11(7-12(13)15)18-14(20)10-3-2-6-16-8-10/h4-5,7,10,16H,2-3,6,8H2,1H3,(H,17,19)(H,18,20)/t10-/m0/s1. The summed E-state index contributed by atoms with van der Waals surface area (Å²) in [5, 5.41) is 9.09. The number of carbonyl (C=O) groups excluding carboxylic acids is 2. The Hall–Kier alpha value is -1.59. The van der Waals surface area contributed by atoms with E-state index in [1.165, 1.54) is 6.92 Å². The van der Waals surface area contributed by atoms with Crippen LogP contribution in [0.15, 0.2) is 18.2 Å². The van der Waals surface area contributed by atoms with Gasteiger partial charge in [-0.05, 0) is 37.6 Å². The van der Waals surface area contributed by atoms with Gasteiger partial charge in [-0.2, -0.15) is 0 Å². The molecular formula is C14H18ClN3O2. The molecule has 108 valence electrons. The summed E-state index contributed by atoms with van der Waals surface area (Å²) >= 11 is 6.06. The van der Waals surface area contributed by atoms with Gasteiger partial charge in [-0.1, -0.05) is 11.6 Å². The van der Waals surface area contributed by atoms with Gasteiger partial charge in [0.1, 0.15) is 0 Å². The molecule has 1 aromatic rings. The predicted molar refractivity (Wildman–Crippen MR) is 80.0 cm³/mol. The first-order chi connectivity index (χ1) is 9.56. The molecule has 1 aliphatic rings. The van der Waals surface area contributed by atoms with Crippen molar-refractivity contribution in [1.82, 2.24) is 5.32 Å². The van der Waals surface area contributed by atoms with E-state index in [1.807, 2.05) is 0 Å². The molecule has 1 saturated heterocycles. The van der Waals surface area contributed by atoms with Gasteiger partial charge in [0.2, 0.25) is 11.8 Å². The molecule has 0 radical (unpaired) electrons. The van der Waals surface area contributed by atoms with E-state index in [0.29, 0.717) is 22.9 Å². The topological polar surface area (TPSA) is 70.2 Å². The lowest BCUT2D eigenvalue weighted by atomic mass is 9.99. The summed E-state index contributed by atoms with van der Waals surface area (Å²) in [4.78, 5) is 23.1. The zero-order valence-corrected chi connectivity index (χ0v) is 12.1. The van der Waals surface area contributed by atoms with Crippen molar-refractivity contribution in [2.45, 2.75) is 19.8 Å². The quantitative estimate of drug-likeness (QED) is 0.801. The van der Waals surface area contributed by atoms with E-state index >= 15 is 0 Å². The van der Waals surface area contributed by atoms with Crippen LogP contribution in [0.3, 0.4) is 0 Å². The SMILES string of the molecule is CC(=O)Nc1ccc(NC(=O)[C@H]2CCCNC2)cc1Cl. The van der Waals surface area contributed by atoms with E-state index in [9.17, 15) is 9.59 Å². The summed E-state index contributed by atoms with van der Waals surface area (Å²) in [7, 11) is 0. The Labute approximate surface area is 123 Å². The number of anilines is 2. The maximum Gasteiger partial charge on any atom is 0.228 e. The molecule has 2 rings (SSSR count).